The minimum absolute atomic E-state index is 0.0700. The van der Waals surface area contributed by atoms with Crippen LogP contribution in [0.3, 0.4) is 0 Å². The van der Waals surface area contributed by atoms with Gasteiger partial charge in [-0.15, -0.1) is 0 Å². The van der Waals surface area contributed by atoms with Gasteiger partial charge >= 0.3 is 0 Å². The molecule has 0 spiro atoms. The van der Waals surface area contributed by atoms with Gasteiger partial charge in [-0.25, -0.2) is 0 Å². The fourth-order valence-corrected chi connectivity index (χ4v) is 3.59. The molecule has 1 amide bonds. The molecule has 0 saturated heterocycles. The smallest absolute Gasteiger partial charge is 0.251 e. The fraction of sp³-hybridized carbons (Fsp3) is 0.533. The normalized spacial score (nSPS) is 23.1. The van der Waals surface area contributed by atoms with Gasteiger partial charge in [-0.3, -0.25) is 4.79 Å². The van der Waals surface area contributed by atoms with E-state index in [1.807, 2.05) is 11.8 Å². The number of phenols is 1. The van der Waals surface area contributed by atoms with Gasteiger partial charge in [0.2, 0.25) is 0 Å². The van der Waals surface area contributed by atoms with Gasteiger partial charge in [-0.1, -0.05) is 18.9 Å². The average Bonchev–Trinajstić information content (AvgIpc) is 2.42. The van der Waals surface area contributed by atoms with E-state index in [0.29, 0.717) is 16.4 Å². The first-order valence-corrected chi connectivity index (χ1v) is 8.04. The molecule has 0 bridgehead atoms. The number of hydrogen-bond acceptors (Lipinski definition) is 3. The van der Waals surface area contributed by atoms with Crippen molar-refractivity contribution in [2.75, 3.05) is 6.26 Å². The molecule has 2 atom stereocenters. The third kappa shape index (κ3) is 3.24. The Hall–Kier alpha value is -1.16. The number of benzene rings is 1. The zero-order valence-electron chi connectivity index (χ0n) is 11.5. The molecule has 19 heavy (non-hydrogen) atoms. The van der Waals surface area contributed by atoms with E-state index >= 15 is 0 Å². The molecule has 104 valence electrons. The van der Waals surface area contributed by atoms with Crippen LogP contribution in [0.25, 0.3) is 0 Å². The second kappa shape index (κ2) is 6.33. The molecular formula is C15H21NO2S. The van der Waals surface area contributed by atoms with Crippen molar-refractivity contribution >= 4 is 17.7 Å². The topological polar surface area (TPSA) is 49.3 Å². The lowest BCUT2D eigenvalue weighted by Crippen LogP contribution is -2.43. The third-order valence-electron chi connectivity index (χ3n) is 3.87. The monoisotopic (exact) mass is 279 g/mol. The van der Waals surface area contributed by atoms with Gasteiger partial charge in [-0.05, 0) is 38.2 Å². The van der Waals surface area contributed by atoms with E-state index < -0.39 is 0 Å². The van der Waals surface area contributed by atoms with Gasteiger partial charge < -0.3 is 10.4 Å². The molecule has 0 radical (unpaired) electrons. The van der Waals surface area contributed by atoms with Crippen molar-refractivity contribution in [3.63, 3.8) is 0 Å². The highest BCUT2D eigenvalue weighted by Crippen LogP contribution is 2.28. The lowest BCUT2D eigenvalue weighted by atomic mass is 9.94. The first kappa shape index (κ1) is 14.3. The number of amides is 1. The number of carbonyl (C=O) groups is 1. The van der Waals surface area contributed by atoms with Crippen LogP contribution in [0, 0.1) is 6.92 Å². The Bertz CT molecular complexity index is 461. The molecule has 1 aromatic rings. The van der Waals surface area contributed by atoms with Crippen LogP contribution in [0.15, 0.2) is 18.2 Å². The molecule has 3 nitrogen and oxygen atoms in total. The van der Waals surface area contributed by atoms with Crippen LogP contribution in [0.2, 0.25) is 0 Å². The number of rotatable bonds is 3. The first-order chi connectivity index (χ1) is 9.13. The highest BCUT2D eigenvalue weighted by Gasteiger charge is 2.26. The number of thioether (sulfide) groups is 1. The van der Waals surface area contributed by atoms with Crippen LogP contribution in [-0.2, 0) is 0 Å². The maximum atomic E-state index is 12.3. The van der Waals surface area contributed by atoms with Crippen molar-refractivity contribution in [1.29, 1.82) is 0 Å². The molecule has 0 heterocycles. The summed E-state index contributed by atoms with van der Waals surface area (Å²) in [6, 6.07) is 5.33. The Morgan fingerprint density at radius 3 is 2.84 bits per heavy atom. The van der Waals surface area contributed by atoms with Crippen molar-refractivity contribution in [2.45, 2.75) is 43.9 Å². The second-order valence-corrected chi connectivity index (χ2v) is 6.17. The summed E-state index contributed by atoms with van der Waals surface area (Å²) in [5, 5.41) is 13.3. The number of aromatic hydroxyl groups is 1. The molecule has 1 fully saturated rings. The first-order valence-electron chi connectivity index (χ1n) is 6.75. The molecule has 2 unspecified atom stereocenters. The van der Waals surface area contributed by atoms with E-state index in [9.17, 15) is 9.90 Å². The molecule has 4 heteroatoms. The molecule has 2 rings (SSSR count). The number of nitrogens with one attached hydrogen (secondary N) is 1. The van der Waals surface area contributed by atoms with Crippen LogP contribution in [0.1, 0.15) is 41.6 Å². The lowest BCUT2D eigenvalue weighted by molar-refractivity contribution is 0.0928. The summed E-state index contributed by atoms with van der Waals surface area (Å²) in [6.07, 6.45) is 6.76. The Kier molecular flexibility index (Phi) is 4.75. The van der Waals surface area contributed by atoms with Gasteiger partial charge in [0.05, 0.1) is 0 Å². The lowest BCUT2D eigenvalue weighted by Gasteiger charge is -2.31. The second-order valence-electron chi connectivity index (χ2n) is 5.09. The van der Waals surface area contributed by atoms with Crippen LogP contribution >= 0.6 is 11.8 Å². The largest absolute Gasteiger partial charge is 0.508 e. The minimum Gasteiger partial charge on any atom is -0.508 e. The predicted octanol–water partition coefficient (Wildman–Crippen LogP) is 3.10. The van der Waals surface area contributed by atoms with E-state index in [4.69, 9.17) is 0 Å². The Morgan fingerprint density at radius 1 is 1.37 bits per heavy atom. The van der Waals surface area contributed by atoms with Crippen molar-refractivity contribution < 1.29 is 9.90 Å². The van der Waals surface area contributed by atoms with Crippen molar-refractivity contribution in [3.8, 4) is 5.75 Å². The van der Waals surface area contributed by atoms with Crippen LogP contribution in [0.4, 0.5) is 0 Å². The maximum Gasteiger partial charge on any atom is 0.251 e. The van der Waals surface area contributed by atoms with E-state index in [-0.39, 0.29) is 17.7 Å². The van der Waals surface area contributed by atoms with Crippen molar-refractivity contribution in [2.24, 2.45) is 0 Å². The highest BCUT2D eigenvalue weighted by molar-refractivity contribution is 7.99. The Morgan fingerprint density at radius 2 is 2.11 bits per heavy atom. The summed E-state index contributed by atoms with van der Waals surface area (Å²) in [7, 11) is 0. The van der Waals surface area contributed by atoms with Crippen molar-refractivity contribution in [1.82, 2.24) is 5.32 Å². The van der Waals surface area contributed by atoms with Crippen LogP contribution < -0.4 is 5.32 Å². The fourth-order valence-electron chi connectivity index (χ4n) is 2.66. The summed E-state index contributed by atoms with van der Waals surface area (Å²) in [6.45, 7) is 1.77. The van der Waals surface area contributed by atoms with Gasteiger partial charge in [0.15, 0.2) is 0 Å². The predicted molar refractivity (Wildman–Crippen MR) is 79.9 cm³/mol. The van der Waals surface area contributed by atoms with Crippen molar-refractivity contribution in [3.05, 3.63) is 29.3 Å². The number of phenolic OH excluding ortho intramolecular Hbond substituents is 1. The van der Waals surface area contributed by atoms with E-state index in [2.05, 4.69) is 11.6 Å². The zero-order valence-corrected chi connectivity index (χ0v) is 12.3. The Balaban J connectivity index is 2.09. The van der Waals surface area contributed by atoms with E-state index in [1.165, 1.54) is 19.3 Å². The van der Waals surface area contributed by atoms with Gasteiger partial charge in [0, 0.05) is 22.4 Å². The minimum atomic E-state index is -0.0700. The number of carbonyl (C=O) groups excluding carboxylic acids is 1. The third-order valence-corrected chi connectivity index (χ3v) is 5.04. The summed E-state index contributed by atoms with van der Waals surface area (Å²) < 4.78 is 0. The number of hydrogen-bond donors (Lipinski definition) is 2. The maximum absolute atomic E-state index is 12.3. The quantitative estimate of drug-likeness (QED) is 0.894. The molecular weight excluding hydrogens is 258 g/mol. The average molecular weight is 279 g/mol. The summed E-state index contributed by atoms with van der Waals surface area (Å²) in [5.41, 5.74) is 1.22. The molecule has 0 aliphatic heterocycles. The molecule has 1 aliphatic carbocycles. The van der Waals surface area contributed by atoms with E-state index in [1.54, 1.807) is 25.1 Å². The van der Waals surface area contributed by atoms with Gasteiger partial charge in [0.25, 0.3) is 5.91 Å². The molecule has 1 aliphatic rings. The van der Waals surface area contributed by atoms with Crippen LogP contribution in [0.5, 0.6) is 5.75 Å². The molecule has 1 saturated carbocycles. The van der Waals surface area contributed by atoms with E-state index in [0.717, 1.165) is 6.42 Å². The zero-order chi connectivity index (χ0) is 13.8. The van der Waals surface area contributed by atoms with Gasteiger partial charge in [0.1, 0.15) is 5.75 Å². The molecule has 0 aromatic heterocycles. The SMILES string of the molecule is CSC1CCCCC1NC(=O)c1cccc(O)c1C. The standard InChI is InChI=1S/C15H21NO2S/c1-10-11(6-5-8-13(10)17)15(18)16-12-7-3-4-9-14(12)19-2/h5-6,8,12,14,17H,3-4,7,9H2,1-2H3,(H,16,18). The highest BCUT2D eigenvalue weighted by atomic mass is 32.2. The summed E-state index contributed by atoms with van der Waals surface area (Å²) >= 11 is 1.83. The summed E-state index contributed by atoms with van der Waals surface area (Å²) in [5.74, 6) is 0.108. The molecule has 1 aromatic carbocycles. The summed E-state index contributed by atoms with van der Waals surface area (Å²) in [4.78, 5) is 12.3. The van der Waals surface area contributed by atoms with Crippen LogP contribution in [-0.4, -0.2) is 28.6 Å². The Labute approximate surface area is 118 Å². The molecule has 2 N–H and O–H groups in total. The van der Waals surface area contributed by atoms with Gasteiger partial charge in [-0.2, -0.15) is 11.8 Å².